The van der Waals surface area contributed by atoms with E-state index in [-0.39, 0.29) is 70.4 Å². The first kappa shape index (κ1) is 34.7. The van der Waals surface area contributed by atoms with E-state index in [4.69, 9.17) is 18.9 Å². The number of aromatic nitrogens is 1. The molecule has 12 nitrogen and oxygen atoms in total. The van der Waals surface area contributed by atoms with E-state index >= 15 is 0 Å². The zero-order valence-electron chi connectivity index (χ0n) is 27.6. The Morgan fingerprint density at radius 1 is 0.816 bits per heavy atom. The number of benzene rings is 3. The number of methoxy groups -OCH3 is 1. The third kappa shape index (κ3) is 9.47. The largest absolute Gasteiger partial charge is 0.497 e. The van der Waals surface area contributed by atoms with Crippen LogP contribution in [-0.4, -0.2) is 84.6 Å². The molecule has 0 bridgehead atoms. The summed E-state index contributed by atoms with van der Waals surface area (Å²) in [6, 6.07) is 24.6. The van der Waals surface area contributed by atoms with Gasteiger partial charge in [-0.05, 0) is 42.7 Å². The minimum Gasteiger partial charge on any atom is -0.497 e. The predicted molar refractivity (Wildman–Crippen MR) is 181 cm³/mol. The number of carbonyl (C=O) groups is 4. The fourth-order valence-corrected chi connectivity index (χ4v) is 5.38. The highest BCUT2D eigenvalue weighted by molar-refractivity contribution is 5.99. The van der Waals surface area contributed by atoms with Gasteiger partial charge in [0.15, 0.2) is 0 Å². The summed E-state index contributed by atoms with van der Waals surface area (Å²) >= 11 is 0. The number of carbonyl (C=O) groups excluding carboxylic acids is 4. The number of pyridine rings is 1. The third-order valence-corrected chi connectivity index (χ3v) is 8.05. The summed E-state index contributed by atoms with van der Waals surface area (Å²) in [5.74, 6) is -0.469. The van der Waals surface area contributed by atoms with Gasteiger partial charge < -0.3 is 34.1 Å². The van der Waals surface area contributed by atoms with E-state index in [9.17, 15) is 19.2 Å². The minimum atomic E-state index is -1.06. The highest BCUT2D eigenvalue weighted by Crippen LogP contribution is 2.30. The van der Waals surface area contributed by atoms with Gasteiger partial charge in [0.25, 0.3) is 5.91 Å². The van der Waals surface area contributed by atoms with E-state index in [1.807, 2.05) is 60.7 Å². The molecule has 1 aromatic heterocycles. The molecule has 0 spiro atoms. The molecule has 49 heavy (non-hydrogen) atoms. The molecular weight excluding hydrogens is 628 g/mol. The molecule has 3 amide bonds. The molecule has 0 radical (unpaired) electrons. The van der Waals surface area contributed by atoms with Crippen molar-refractivity contribution in [3.63, 3.8) is 0 Å². The lowest BCUT2D eigenvalue weighted by atomic mass is 10.1. The summed E-state index contributed by atoms with van der Waals surface area (Å²) in [5, 5.41) is 3.47. The van der Waals surface area contributed by atoms with Gasteiger partial charge in [-0.2, -0.15) is 0 Å². The van der Waals surface area contributed by atoms with E-state index in [1.54, 1.807) is 37.1 Å². The van der Waals surface area contributed by atoms with Gasteiger partial charge in [-0.15, -0.1) is 0 Å². The molecule has 2 heterocycles. The van der Waals surface area contributed by atoms with Crippen LogP contribution in [-0.2, 0) is 32.3 Å². The van der Waals surface area contributed by atoms with Crippen LogP contribution in [0, 0.1) is 0 Å². The Morgan fingerprint density at radius 3 is 2.12 bits per heavy atom. The molecule has 0 aliphatic carbocycles. The normalized spacial score (nSPS) is 13.3. The standard InChI is InChI=1S/C37H40N4O8/c1-3-47-37(45)41-20-18-40(19-21-41)36(44)31(16-17-34(42)49-25-27-12-8-5-9-13-27)39-35(43)32-23-33(48-24-26-10-6-4-7-11-26)29-22-28(46-2)14-15-30(29)38-32/h4-15,22-23,31H,3,16-21,24-25H2,1-2H3,(H,39,43). The van der Waals surface area contributed by atoms with E-state index in [1.165, 1.54) is 11.0 Å². The van der Waals surface area contributed by atoms with Gasteiger partial charge in [-0.3, -0.25) is 14.4 Å². The second kappa shape index (κ2) is 17.0. The summed E-state index contributed by atoms with van der Waals surface area (Å²) in [6.07, 6.45) is -0.549. The smallest absolute Gasteiger partial charge is 0.409 e. The van der Waals surface area contributed by atoms with Gasteiger partial charge in [-0.1, -0.05) is 60.7 Å². The molecule has 1 fully saturated rings. The van der Waals surface area contributed by atoms with Gasteiger partial charge in [0.2, 0.25) is 5.91 Å². The summed E-state index contributed by atoms with van der Waals surface area (Å²) in [7, 11) is 1.56. The Kier molecular flexibility index (Phi) is 12.0. The number of hydrogen-bond acceptors (Lipinski definition) is 9. The molecule has 1 N–H and O–H groups in total. The van der Waals surface area contributed by atoms with Crippen molar-refractivity contribution < 1.29 is 38.1 Å². The monoisotopic (exact) mass is 668 g/mol. The number of ether oxygens (including phenoxy) is 4. The maximum Gasteiger partial charge on any atom is 0.409 e. The first-order valence-corrected chi connectivity index (χ1v) is 16.2. The van der Waals surface area contributed by atoms with E-state index in [2.05, 4.69) is 10.3 Å². The number of fused-ring (bicyclic) bond motifs is 1. The second-order valence-electron chi connectivity index (χ2n) is 11.4. The second-order valence-corrected chi connectivity index (χ2v) is 11.4. The van der Waals surface area contributed by atoms with Gasteiger partial charge in [-0.25, -0.2) is 9.78 Å². The average Bonchev–Trinajstić information content (AvgIpc) is 3.14. The number of amides is 3. The number of hydrogen-bond donors (Lipinski definition) is 1. The van der Waals surface area contributed by atoms with Crippen LogP contribution < -0.4 is 14.8 Å². The zero-order chi connectivity index (χ0) is 34.6. The van der Waals surface area contributed by atoms with Crippen LogP contribution in [0.1, 0.15) is 41.4 Å². The van der Waals surface area contributed by atoms with E-state index in [0.717, 1.165) is 11.1 Å². The van der Waals surface area contributed by atoms with Crippen LogP contribution in [0.3, 0.4) is 0 Å². The van der Waals surface area contributed by atoms with Crippen LogP contribution in [0.15, 0.2) is 84.9 Å². The number of piperazine rings is 1. The van der Waals surface area contributed by atoms with Gasteiger partial charge in [0.05, 0.1) is 19.2 Å². The van der Waals surface area contributed by atoms with E-state index < -0.39 is 24.0 Å². The molecule has 1 unspecified atom stereocenters. The number of nitrogens with zero attached hydrogens (tertiary/aromatic N) is 3. The summed E-state index contributed by atoms with van der Waals surface area (Å²) in [6.45, 7) is 3.38. The fourth-order valence-electron chi connectivity index (χ4n) is 5.38. The molecule has 4 aromatic rings. The molecule has 5 rings (SSSR count). The summed E-state index contributed by atoms with van der Waals surface area (Å²) in [5.41, 5.74) is 2.31. The Labute approximate surface area is 284 Å². The third-order valence-electron chi connectivity index (χ3n) is 8.05. The van der Waals surface area contributed by atoms with Crippen molar-refractivity contribution in [2.75, 3.05) is 39.9 Å². The lowest BCUT2D eigenvalue weighted by Crippen LogP contribution is -2.56. The molecule has 256 valence electrons. The van der Waals surface area contributed by atoms with Crippen molar-refractivity contribution in [2.24, 2.45) is 0 Å². The number of esters is 1. The van der Waals surface area contributed by atoms with Gasteiger partial charge in [0, 0.05) is 44.1 Å². The van der Waals surface area contributed by atoms with Crippen molar-refractivity contribution in [2.45, 2.75) is 39.0 Å². The number of rotatable bonds is 13. The Hall–Kier alpha value is -5.65. The average molecular weight is 669 g/mol. The summed E-state index contributed by atoms with van der Waals surface area (Å²) in [4.78, 5) is 60.2. The van der Waals surface area contributed by atoms with Crippen LogP contribution in [0.25, 0.3) is 10.9 Å². The zero-order valence-corrected chi connectivity index (χ0v) is 27.6. The molecule has 1 atom stereocenters. The van der Waals surface area contributed by atoms with E-state index in [0.29, 0.717) is 22.4 Å². The Bertz CT molecular complexity index is 1740. The molecular formula is C37H40N4O8. The van der Waals surface area contributed by atoms with Crippen LogP contribution in [0.5, 0.6) is 11.5 Å². The predicted octanol–water partition coefficient (Wildman–Crippen LogP) is 4.75. The highest BCUT2D eigenvalue weighted by atomic mass is 16.6. The Morgan fingerprint density at radius 2 is 1.47 bits per heavy atom. The molecule has 1 aliphatic rings. The van der Waals surface area contributed by atoms with Crippen molar-refractivity contribution in [3.05, 3.63) is 102 Å². The van der Waals surface area contributed by atoms with Crippen LogP contribution >= 0.6 is 0 Å². The van der Waals surface area contributed by atoms with Gasteiger partial charge in [0.1, 0.15) is 36.4 Å². The van der Waals surface area contributed by atoms with Crippen molar-refractivity contribution in [3.8, 4) is 11.5 Å². The topological polar surface area (TPSA) is 137 Å². The Balaban J connectivity index is 1.34. The van der Waals surface area contributed by atoms with Gasteiger partial charge >= 0.3 is 12.1 Å². The number of nitrogens with one attached hydrogen (secondary N) is 1. The van der Waals surface area contributed by atoms with Crippen LogP contribution in [0.2, 0.25) is 0 Å². The van der Waals surface area contributed by atoms with Crippen LogP contribution in [0.4, 0.5) is 4.79 Å². The lowest BCUT2D eigenvalue weighted by Gasteiger charge is -2.36. The first-order chi connectivity index (χ1) is 23.8. The molecule has 3 aromatic carbocycles. The fraction of sp³-hybridized carbons (Fsp3) is 0.324. The highest BCUT2D eigenvalue weighted by Gasteiger charge is 2.31. The van der Waals surface area contributed by atoms with Crippen molar-refractivity contribution >= 4 is 34.8 Å². The quantitative estimate of drug-likeness (QED) is 0.200. The minimum absolute atomic E-state index is 0.00156. The maximum absolute atomic E-state index is 13.8. The summed E-state index contributed by atoms with van der Waals surface area (Å²) < 4.78 is 22.1. The SMILES string of the molecule is CCOC(=O)N1CCN(C(=O)C(CCC(=O)OCc2ccccc2)NC(=O)c2cc(OCc3ccccc3)c3cc(OC)ccc3n2)CC1. The molecule has 1 saturated heterocycles. The molecule has 0 saturated carbocycles. The molecule has 12 heteroatoms. The van der Waals surface area contributed by atoms with Crippen molar-refractivity contribution in [1.82, 2.24) is 20.1 Å². The van der Waals surface area contributed by atoms with Crippen molar-refractivity contribution in [1.29, 1.82) is 0 Å². The maximum atomic E-state index is 13.8. The first-order valence-electron chi connectivity index (χ1n) is 16.2. The lowest BCUT2D eigenvalue weighted by molar-refractivity contribution is -0.145. The molecule has 1 aliphatic heterocycles.